The smallest absolute Gasteiger partial charge is 0.253 e. The highest BCUT2D eigenvalue weighted by Crippen LogP contribution is 2.42. The first-order valence-corrected chi connectivity index (χ1v) is 7.75. The van der Waals surface area contributed by atoms with E-state index in [1.54, 1.807) is 23.1 Å². The van der Waals surface area contributed by atoms with Crippen molar-refractivity contribution in [1.29, 1.82) is 0 Å². The highest BCUT2D eigenvalue weighted by molar-refractivity contribution is 8.00. The summed E-state index contributed by atoms with van der Waals surface area (Å²) >= 11 is 3.28. The van der Waals surface area contributed by atoms with Gasteiger partial charge in [0.15, 0.2) is 0 Å². The third-order valence-corrected chi connectivity index (χ3v) is 5.38. The van der Waals surface area contributed by atoms with Crippen molar-refractivity contribution in [3.05, 3.63) is 23.4 Å². The Kier molecular flexibility index (Phi) is 2.91. The summed E-state index contributed by atoms with van der Waals surface area (Å²) in [5.41, 5.74) is 2.93. The molecule has 1 aliphatic rings. The molecule has 2 aromatic heterocycles. The van der Waals surface area contributed by atoms with E-state index in [0.29, 0.717) is 0 Å². The maximum absolute atomic E-state index is 12.1. The summed E-state index contributed by atoms with van der Waals surface area (Å²) in [6.45, 7) is 2.03. The van der Waals surface area contributed by atoms with Gasteiger partial charge in [0.25, 0.3) is 5.91 Å². The number of aromatic nitrogens is 2. The quantitative estimate of drug-likeness (QED) is 0.831. The lowest BCUT2D eigenvalue weighted by atomic mass is 9.97. The molecule has 0 spiro atoms. The number of carbonyl (C=O) groups excluding carboxylic acids is 1. The van der Waals surface area contributed by atoms with Gasteiger partial charge in [0.1, 0.15) is 5.69 Å². The van der Waals surface area contributed by atoms with Crippen LogP contribution in [-0.4, -0.2) is 28.4 Å². The van der Waals surface area contributed by atoms with Crippen LogP contribution in [0.2, 0.25) is 0 Å². The van der Waals surface area contributed by atoms with Crippen LogP contribution < -0.4 is 5.32 Å². The van der Waals surface area contributed by atoms with E-state index in [2.05, 4.69) is 15.5 Å². The van der Waals surface area contributed by atoms with Crippen molar-refractivity contribution in [3.63, 3.8) is 0 Å². The lowest BCUT2D eigenvalue weighted by Gasteiger charge is -2.21. The molecule has 2 aromatic rings. The molecule has 0 aromatic carbocycles. The van der Waals surface area contributed by atoms with Gasteiger partial charge in [-0.05, 0) is 31.2 Å². The van der Waals surface area contributed by atoms with E-state index in [9.17, 15) is 4.79 Å². The predicted octanol–water partition coefficient (Wildman–Crippen LogP) is 2.53. The molecule has 0 radical (unpaired) electrons. The van der Waals surface area contributed by atoms with E-state index in [4.69, 9.17) is 0 Å². The lowest BCUT2D eigenvalue weighted by Crippen LogP contribution is -2.39. The number of thioether (sulfide) groups is 1. The second-order valence-electron chi connectivity index (χ2n) is 4.31. The number of thiophene rings is 1. The van der Waals surface area contributed by atoms with E-state index in [1.165, 1.54) is 0 Å². The first-order valence-electron chi connectivity index (χ1n) is 5.71. The lowest BCUT2D eigenvalue weighted by molar-refractivity contribution is 0.0927. The molecule has 0 saturated heterocycles. The van der Waals surface area contributed by atoms with Crippen molar-refractivity contribution in [2.75, 3.05) is 6.26 Å². The van der Waals surface area contributed by atoms with Gasteiger partial charge in [0, 0.05) is 12.2 Å². The predicted molar refractivity (Wildman–Crippen MR) is 74.3 cm³/mol. The SMILES string of the molecule is CSc1sc(-c2cc[nH]n2)c2c1C(=O)NC(C)C2. The summed E-state index contributed by atoms with van der Waals surface area (Å²) in [4.78, 5) is 13.2. The van der Waals surface area contributed by atoms with Crippen LogP contribution in [0.4, 0.5) is 0 Å². The van der Waals surface area contributed by atoms with Gasteiger partial charge in [0.2, 0.25) is 0 Å². The van der Waals surface area contributed by atoms with Crippen molar-refractivity contribution in [3.8, 4) is 10.6 Å². The zero-order valence-electron chi connectivity index (χ0n) is 10.1. The van der Waals surface area contributed by atoms with Gasteiger partial charge < -0.3 is 5.32 Å². The first-order chi connectivity index (χ1) is 8.70. The van der Waals surface area contributed by atoms with Gasteiger partial charge in [0.05, 0.1) is 14.6 Å². The number of H-pyrrole nitrogens is 1. The molecule has 0 saturated carbocycles. The number of amides is 1. The molecule has 1 amide bonds. The van der Waals surface area contributed by atoms with Crippen LogP contribution in [0.1, 0.15) is 22.8 Å². The van der Waals surface area contributed by atoms with Crippen molar-refractivity contribution < 1.29 is 4.79 Å². The van der Waals surface area contributed by atoms with Crippen LogP contribution in [0.25, 0.3) is 10.6 Å². The molecule has 1 unspecified atom stereocenters. The number of nitrogens with zero attached hydrogens (tertiary/aromatic N) is 1. The van der Waals surface area contributed by atoms with Crippen LogP contribution in [0.15, 0.2) is 16.5 Å². The van der Waals surface area contributed by atoms with Gasteiger partial charge >= 0.3 is 0 Å². The highest BCUT2D eigenvalue weighted by atomic mass is 32.2. The van der Waals surface area contributed by atoms with Gasteiger partial charge in [-0.25, -0.2) is 0 Å². The zero-order chi connectivity index (χ0) is 12.7. The van der Waals surface area contributed by atoms with Crippen LogP contribution in [0.3, 0.4) is 0 Å². The number of hydrogen-bond acceptors (Lipinski definition) is 4. The molecule has 1 aliphatic heterocycles. The third-order valence-electron chi connectivity index (χ3n) is 3.01. The van der Waals surface area contributed by atoms with Gasteiger partial charge in [-0.2, -0.15) is 5.10 Å². The Morgan fingerprint density at radius 2 is 2.39 bits per heavy atom. The molecule has 3 heterocycles. The number of hydrogen-bond donors (Lipinski definition) is 2. The minimum Gasteiger partial charge on any atom is -0.349 e. The summed E-state index contributed by atoms with van der Waals surface area (Å²) in [6, 6.07) is 2.14. The standard InChI is InChI=1S/C12H13N3OS2/c1-6-5-7-9(11(16)14-6)12(17-2)18-10(7)8-3-4-13-15-8/h3-4,6H,5H2,1-2H3,(H,13,15)(H,14,16). The Hall–Kier alpha value is -1.27. The Morgan fingerprint density at radius 3 is 3.06 bits per heavy atom. The molecule has 3 rings (SSSR count). The van der Waals surface area contributed by atoms with E-state index < -0.39 is 0 Å². The van der Waals surface area contributed by atoms with E-state index >= 15 is 0 Å². The second kappa shape index (κ2) is 4.44. The summed E-state index contributed by atoms with van der Waals surface area (Å²) < 4.78 is 1.08. The fourth-order valence-electron chi connectivity index (χ4n) is 2.26. The van der Waals surface area contributed by atoms with Gasteiger partial charge in [-0.1, -0.05) is 0 Å². The Bertz CT molecular complexity index is 589. The Morgan fingerprint density at radius 1 is 1.56 bits per heavy atom. The van der Waals surface area contributed by atoms with Gasteiger partial charge in [-0.15, -0.1) is 23.1 Å². The molecule has 1 atom stereocenters. The zero-order valence-corrected chi connectivity index (χ0v) is 11.7. The van der Waals surface area contributed by atoms with Crippen LogP contribution in [0, 0.1) is 0 Å². The average Bonchev–Trinajstić information content (AvgIpc) is 2.94. The minimum absolute atomic E-state index is 0.0473. The monoisotopic (exact) mass is 279 g/mol. The van der Waals surface area contributed by atoms with E-state index in [-0.39, 0.29) is 11.9 Å². The third kappa shape index (κ3) is 1.76. The summed E-state index contributed by atoms with van der Waals surface area (Å²) in [6.07, 6.45) is 4.69. The fourth-order valence-corrected chi connectivity index (χ4v) is 4.29. The van der Waals surface area contributed by atoms with E-state index in [0.717, 1.165) is 32.3 Å². The molecular formula is C12H13N3OS2. The van der Waals surface area contributed by atoms with Crippen LogP contribution >= 0.6 is 23.1 Å². The van der Waals surface area contributed by atoms with Crippen LogP contribution in [-0.2, 0) is 6.42 Å². The van der Waals surface area contributed by atoms with Crippen molar-refractivity contribution in [1.82, 2.24) is 15.5 Å². The molecule has 0 bridgehead atoms. The summed E-state index contributed by atoms with van der Waals surface area (Å²) in [5, 5.41) is 10.1. The Labute approximate surface area is 113 Å². The van der Waals surface area contributed by atoms with Crippen molar-refractivity contribution >= 4 is 29.0 Å². The highest BCUT2D eigenvalue weighted by Gasteiger charge is 2.30. The molecule has 94 valence electrons. The normalized spacial score (nSPS) is 18.6. The maximum atomic E-state index is 12.1. The summed E-state index contributed by atoms with van der Waals surface area (Å²) in [7, 11) is 0. The summed E-state index contributed by atoms with van der Waals surface area (Å²) in [5.74, 6) is 0.0473. The van der Waals surface area contributed by atoms with Crippen molar-refractivity contribution in [2.45, 2.75) is 23.6 Å². The molecule has 0 aliphatic carbocycles. The molecule has 2 N–H and O–H groups in total. The largest absolute Gasteiger partial charge is 0.349 e. The molecule has 18 heavy (non-hydrogen) atoms. The number of nitrogens with one attached hydrogen (secondary N) is 2. The number of rotatable bonds is 2. The second-order valence-corrected chi connectivity index (χ2v) is 6.41. The first kappa shape index (κ1) is 11.8. The average molecular weight is 279 g/mol. The number of aromatic amines is 1. The topological polar surface area (TPSA) is 57.8 Å². The van der Waals surface area contributed by atoms with Gasteiger partial charge in [-0.3, -0.25) is 9.89 Å². The molecule has 4 nitrogen and oxygen atoms in total. The maximum Gasteiger partial charge on any atom is 0.253 e. The Balaban J connectivity index is 2.20. The van der Waals surface area contributed by atoms with E-state index in [1.807, 2.05) is 25.4 Å². The number of fused-ring (bicyclic) bond motifs is 1. The number of carbonyl (C=O) groups is 1. The fraction of sp³-hybridized carbons (Fsp3) is 0.333. The minimum atomic E-state index is 0.0473. The van der Waals surface area contributed by atoms with Crippen molar-refractivity contribution in [2.24, 2.45) is 0 Å². The molecular weight excluding hydrogens is 266 g/mol. The molecule has 6 heteroatoms. The van der Waals surface area contributed by atoms with Crippen LogP contribution in [0.5, 0.6) is 0 Å². The molecule has 0 fully saturated rings.